The van der Waals surface area contributed by atoms with Gasteiger partial charge in [0.15, 0.2) is 0 Å². The fourth-order valence-corrected chi connectivity index (χ4v) is 4.22. The van der Waals surface area contributed by atoms with E-state index in [1.165, 1.54) is 49.6 Å². The van der Waals surface area contributed by atoms with Gasteiger partial charge in [-0.25, -0.2) is 8.78 Å². The largest absolute Gasteiger partial charge is 0.755 e. The van der Waals surface area contributed by atoms with Crippen molar-refractivity contribution in [2.24, 2.45) is 0 Å². The van der Waals surface area contributed by atoms with E-state index >= 15 is 0 Å². The second kappa shape index (κ2) is 9.92. The Morgan fingerprint density at radius 1 is 1.11 bits per heavy atom. The first-order valence-electron chi connectivity index (χ1n) is 10.2. The summed E-state index contributed by atoms with van der Waals surface area (Å²) in [6.45, 7) is 1.50. The third-order valence-electron chi connectivity index (χ3n) is 5.21. The number of hydrogen-bond donors (Lipinski definition) is 1. The van der Waals surface area contributed by atoms with E-state index in [9.17, 15) is 27.6 Å². The number of amides is 1. The minimum atomic E-state index is -2.93. The average molecular weight is 492 g/mol. The molecule has 0 spiro atoms. The maximum Gasteiger partial charge on any atom is 0.253 e. The quantitative estimate of drug-likeness (QED) is 0.403. The van der Waals surface area contributed by atoms with Gasteiger partial charge in [0.1, 0.15) is 17.2 Å². The molecule has 1 aromatic heterocycles. The molecule has 0 bridgehead atoms. The van der Waals surface area contributed by atoms with E-state index in [-0.39, 0.29) is 33.6 Å². The van der Waals surface area contributed by atoms with Crippen LogP contribution in [0.2, 0.25) is 0 Å². The second-order valence-corrected chi connectivity index (χ2v) is 8.22. The molecule has 0 aliphatic heterocycles. The number of benzene rings is 3. The van der Waals surface area contributed by atoms with Gasteiger partial charge in [0.25, 0.3) is 5.91 Å². The zero-order valence-electron chi connectivity index (χ0n) is 18.1. The number of halogens is 2. The Hall–Kier alpha value is -4.27. The fourth-order valence-electron chi connectivity index (χ4n) is 3.60. The Morgan fingerprint density at radius 2 is 1.89 bits per heavy atom. The SMILES string of the molecule is CC(NC(=O)c1ccc(C#N)cc1N(c1cccc2nccnc12)S(=O)[O-])c1ccc(F)cc1F. The molecule has 3 aromatic carbocycles. The molecule has 0 saturated heterocycles. The second-order valence-electron chi connectivity index (χ2n) is 7.42. The van der Waals surface area contributed by atoms with Crippen molar-refractivity contribution in [1.29, 1.82) is 5.26 Å². The van der Waals surface area contributed by atoms with Crippen LogP contribution in [-0.2, 0) is 11.3 Å². The van der Waals surface area contributed by atoms with Gasteiger partial charge in [-0.15, -0.1) is 0 Å². The highest BCUT2D eigenvalue weighted by atomic mass is 32.2. The van der Waals surface area contributed by atoms with Gasteiger partial charge in [-0.1, -0.05) is 12.1 Å². The van der Waals surface area contributed by atoms with Crippen LogP contribution in [0.1, 0.15) is 34.5 Å². The molecule has 0 aliphatic carbocycles. The standard InChI is InChI=1S/C24H17F2N5O3S/c1-14(17-8-6-16(25)12-19(17)26)30-24(32)18-7-5-15(13-27)11-22(18)31(35(33)34)21-4-2-3-20-23(21)29-10-9-28-20/h2-12,14H,1H3,(H,30,32)(H,33,34)/p-1. The summed E-state index contributed by atoms with van der Waals surface area (Å²) < 4.78 is 53.2. The summed E-state index contributed by atoms with van der Waals surface area (Å²) in [6, 6.07) is 12.7. The molecule has 0 saturated carbocycles. The molecule has 2 unspecified atom stereocenters. The van der Waals surface area contributed by atoms with Crippen LogP contribution >= 0.6 is 0 Å². The van der Waals surface area contributed by atoms with Crippen LogP contribution in [0.5, 0.6) is 0 Å². The highest BCUT2D eigenvalue weighted by Crippen LogP contribution is 2.35. The third kappa shape index (κ3) is 4.84. The molecular weight excluding hydrogens is 476 g/mol. The van der Waals surface area contributed by atoms with Crippen molar-refractivity contribution in [3.8, 4) is 6.07 Å². The molecule has 0 fully saturated rings. The van der Waals surface area contributed by atoms with Gasteiger partial charge in [0, 0.05) is 24.0 Å². The van der Waals surface area contributed by atoms with Crippen molar-refractivity contribution >= 4 is 39.6 Å². The molecule has 176 valence electrons. The number of nitrogens with one attached hydrogen (secondary N) is 1. The van der Waals surface area contributed by atoms with Crippen LogP contribution < -0.4 is 9.62 Å². The Morgan fingerprint density at radius 3 is 2.60 bits per heavy atom. The molecule has 0 aliphatic rings. The van der Waals surface area contributed by atoms with Gasteiger partial charge in [-0.05, 0) is 43.3 Å². The van der Waals surface area contributed by atoms with Crippen molar-refractivity contribution in [3.05, 3.63) is 95.3 Å². The highest BCUT2D eigenvalue weighted by Gasteiger charge is 2.24. The van der Waals surface area contributed by atoms with Crippen LogP contribution in [0, 0.1) is 23.0 Å². The fraction of sp³-hybridized carbons (Fsp3) is 0.0833. The molecule has 4 rings (SSSR count). The van der Waals surface area contributed by atoms with E-state index in [1.807, 2.05) is 6.07 Å². The molecule has 8 nitrogen and oxygen atoms in total. The first-order valence-corrected chi connectivity index (χ1v) is 11.2. The maximum atomic E-state index is 14.2. The highest BCUT2D eigenvalue weighted by molar-refractivity contribution is 7.81. The average Bonchev–Trinajstić information content (AvgIpc) is 2.84. The smallest absolute Gasteiger partial charge is 0.253 e. The summed E-state index contributed by atoms with van der Waals surface area (Å²) in [5.41, 5.74) is 0.742. The van der Waals surface area contributed by atoms with Crippen molar-refractivity contribution in [2.75, 3.05) is 4.31 Å². The lowest BCUT2D eigenvalue weighted by atomic mass is 10.0. The van der Waals surface area contributed by atoms with Crippen LogP contribution in [0.15, 0.2) is 67.0 Å². The topological polar surface area (TPSA) is 122 Å². The molecule has 1 N–H and O–H groups in total. The number of hydrogen-bond acceptors (Lipinski definition) is 6. The van der Waals surface area contributed by atoms with E-state index < -0.39 is 34.8 Å². The van der Waals surface area contributed by atoms with E-state index in [1.54, 1.807) is 12.1 Å². The monoisotopic (exact) mass is 492 g/mol. The Balaban J connectivity index is 1.80. The van der Waals surface area contributed by atoms with E-state index in [2.05, 4.69) is 15.3 Å². The predicted octanol–water partition coefficient (Wildman–Crippen LogP) is 4.20. The zero-order chi connectivity index (χ0) is 25.1. The first-order chi connectivity index (χ1) is 16.8. The minimum Gasteiger partial charge on any atom is -0.755 e. The molecule has 2 atom stereocenters. The van der Waals surface area contributed by atoms with Gasteiger partial charge >= 0.3 is 0 Å². The van der Waals surface area contributed by atoms with Gasteiger partial charge in [0.05, 0.1) is 51.4 Å². The number of rotatable bonds is 6. The van der Waals surface area contributed by atoms with Crippen molar-refractivity contribution in [2.45, 2.75) is 13.0 Å². The van der Waals surface area contributed by atoms with Gasteiger partial charge < -0.3 is 9.87 Å². The molecule has 0 radical (unpaired) electrons. The summed E-state index contributed by atoms with van der Waals surface area (Å²) in [5.74, 6) is -2.33. The van der Waals surface area contributed by atoms with Gasteiger partial charge in [0.2, 0.25) is 0 Å². The summed E-state index contributed by atoms with van der Waals surface area (Å²) in [4.78, 5) is 21.6. The number of fused-ring (bicyclic) bond motifs is 1. The lowest BCUT2D eigenvalue weighted by Gasteiger charge is -2.29. The summed E-state index contributed by atoms with van der Waals surface area (Å²) in [5, 5.41) is 12.0. The van der Waals surface area contributed by atoms with Gasteiger partial charge in [-0.3, -0.25) is 23.3 Å². The summed E-state index contributed by atoms with van der Waals surface area (Å²) >= 11 is -2.93. The first kappa shape index (κ1) is 23.9. The summed E-state index contributed by atoms with van der Waals surface area (Å²) in [6.07, 6.45) is 2.85. The lowest BCUT2D eigenvalue weighted by molar-refractivity contribution is 0.0940. The van der Waals surface area contributed by atoms with Crippen molar-refractivity contribution in [3.63, 3.8) is 0 Å². The Kier molecular flexibility index (Phi) is 6.77. The molecule has 1 amide bonds. The minimum absolute atomic E-state index is 0.0449. The number of nitrogens with zero attached hydrogens (tertiary/aromatic N) is 4. The number of anilines is 2. The van der Waals surface area contributed by atoms with E-state index in [0.29, 0.717) is 11.6 Å². The molecule has 11 heteroatoms. The van der Waals surface area contributed by atoms with E-state index in [4.69, 9.17) is 0 Å². The molecular formula is C24H16F2N5O3S-. The number of para-hydroxylation sites is 1. The molecule has 4 aromatic rings. The predicted molar refractivity (Wildman–Crippen MR) is 124 cm³/mol. The zero-order valence-corrected chi connectivity index (χ0v) is 18.9. The van der Waals surface area contributed by atoms with Gasteiger partial charge in [-0.2, -0.15) is 5.26 Å². The molecule has 35 heavy (non-hydrogen) atoms. The van der Waals surface area contributed by atoms with Crippen LogP contribution in [0.3, 0.4) is 0 Å². The van der Waals surface area contributed by atoms with Crippen molar-refractivity contribution in [1.82, 2.24) is 15.3 Å². The summed E-state index contributed by atoms with van der Waals surface area (Å²) in [7, 11) is 0. The molecule has 1 heterocycles. The van der Waals surface area contributed by atoms with Crippen LogP contribution in [-0.4, -0.2) is 24.6 Å². The van der Waals surface area contributed by atoms with Crippen LogP contribution in [0.4, 0.5) is 20.2 Å². The van der Waals surface area contributed by atoms with E-state index in [0.717, 1.165) is 10.4 Å². The van der Waals surface area contributed by atoms with Crippen molar-refractivity contribution < 1.29 is 22.3 Å². The number of aromatic nitrogens is 2. The number of carbonyl (C=O) groups excluding carboxylic acids is 1. The normalized spacial score (nSPS) is 12.5. The number of carbonyl (C=O) groups is 1. The van der Waals surface area contributed by atoms with Crippen LogP contribution in [0.25, 0.3) is 11.0 Å². The Bertz CT molecular complexity index is 1500. The third-order valence-corrected chi connectivity index (χ3v) is 5.90. The lowest BCUT2D eigenvalue weighted by Crippen LogP contribution is -2.30. The Labute approximate surface area is 201 Å². The number of nitriles is 1. The maximum absolute atomic E-state index is 14.2.